The van der Waals surface area contributed by atoms with Crippen LogP contribution in [0, 0.1) is 5.92 Å². The summed E-state index contributed by atoms with van der Waals surface area (Å²) >= 11 is 0. The van der Waals surface area contributed by atoms with Crippen LogP contribution in [0.25, 0.3) is 0 Å². The Morgan fingerprint density at radius 3 is 3.12 bits per heavy atom. The molecule has 0 saturated carbocycles. The second-order valence-electron chi connectivity index (χ2n) is 4.92. The van der Waals surface area contributed by atoms with Gasteiger partial charge in [-0.15, -0.1) is 0 Å². The highest BCUT2D eigenvalue weighted by atomic mass is 16.5. The van der Waals surface area contributed by atoms with E-state index in [1.54, 1.807) is 6.26 Å². The van der Waals surface area contributed by atoms with E-state index in [4.69, 9.17) is 9.15 Å². The standard InChI is InChI=1S/C13H21NO2/c1-10(2)8-16-13-7-14-5-3-12(13)11-4-6-15-9-11/h4,6,9-10,12-14H,3,5,7-8H2,1-2H3/t12-,13+/m1/s1. The van der Waals surface area contributed by atoms with Crippen molar-refractivity contribution in [2.75, 3.05) is 19.7 Å². The molecule has 0 aliphatic carbocycles. The summed E-state index contributed by atoms with van der Waals surface area (Å²) in [6.45, 7) is 7.22. The van der Waals surface area contributed by atoms with Crippen LogP contribution in [0.2, 0.25) is 0 Å². The average molecular weight is 223 g/mol. The number of rotatable bonds is 4. The largest absolute Gasteiger partial charge is 0.472 e. The minimum Gasteiger partial charge on any atom is -0.472 e. The Bertz CT molecular complexity index is 295. The number of hydrogen-bond donors (Lipinski definition) is 1. The number of ether oxygens (including phenoxy) is 1. The van der Waals surface area contributed by atoms with E-state index in [-0.39, 0.29) is 6.10 Å². The first-order chi connectivity index (χ1) is 7.77. The zero-order chi connectivity index (χ0) is 11.4. The van der Waals surface area contributed by atoms with Gasteiger partial charge in [-0.3, -0.25) is 0 Å². The SMILES string of the molecule is CC(C)CO[C@H]1CNCC[C@@H]1c1ccoc1. The Balaban J connectivity index is 1.97. The van der Waals surface area contributed by atoms with Gasteiger partial charge in [0.25, 0.3) is 0 Å². The van der Waals surface area contributed by atoms with Crippen LogP contribution in [0.4, 0.5) is 0 Å². The van der Waals surface area contributed by atoms with Gasteiger partial charge in [-0.1, -0.05) is 13.8 Å². The first-order valence-corrected chi connectivity index (χ1v) is 6.12. The molecule has 2 atom stereocenters. The minimum absolute atomic E-state index is 0.286. The fraction of sp³-hybridized carbons (Fsp3) is 0.692. The zero-order valence-electron chi connectivity index (χ0n) is 10.1. The Morgan fingerprint density at radius 1 is 1.56 bits per heavy atom. The third-order valence-electron chi connectivity index (χ3n) is 3.04. The molecule has 0 aromatic carbocycles. The zero-order valence-corrected chi connectivity index (χ0v) is 10.1. The third kappa shape index (κ3) is 2.86. The number of hydrogen-bond acceptors (Lipinski definition) is 3. The van der Waals surface area contributed by atoms with Gasteiger partial charge in [-0.2, -0.15) is 0 Å². The van der Waals surface area contributed by atoms with Crippen molar-refractivity contribution in [3.05, 3.63) is 24.2 Å². The van der Waals surface area contributed by atoms with E-state index >= 15 is 0 Å². The van der Waals surface area contributed by atoms with Crippen LogP contribution in [0.15, 0.2) is 23.0 Å². The van der Waals surface area contributed by atoms with Gasteiger partial charge < -0.3 is 14.5 Å². The molecule has 0 spiro atoms. The Kier molecular flexibility index (Phi) is 4.02. The van der Waals surface area contributed by atoms with Gasteiger partial charge in [0.15, 0.2) is 0 Å². The summed E-state index contributed by atoms with van der Waals surface area (Å²) in [5.41, 5.74) is 1.27. The van der Waals surface area contributed by atoms with Crippen LogP contribution in [0.3, 0.4) is 0 Å². The number of furan rings is 1. The molecule has 3 nitrogen and oxygen atoms in total. The lowest BCUT2D eigenvalue weighted by Gasteiger charge is -2.32. The quantitative estimate of drug-likeness (QED) is 0.851. The summed E-state index contributed by atoms with van der Waals surface area (Å²) in [5, 5.41) is 3.39. The third-order valence-corrected chi connectivity index (χ3v) is 3.04. The summed E-state index contributed by atoms with van der Waals surface area (Å²) in [6, 6.07) is 2.06. The molecule has 0 amide bonds. The van der Waals surface area contributed by atoms with Gasteiger partial charge in [0, 0.05) is 19.1 Å². The van der Waals surface area contributed by atoms with Crippen molar-refractivity contribution in [3.63, 3.8) is 0 Å². The van der Waals surface area contributed by atoms with E-state index in [0.29, 0.717) is 11.8 Å². The molecule has 1 saturated heterocycles. The van der Waals surface area contributed by atoms with Crippen LogP contribution >= 0.6 is 0 Å². The van der Waals surface area contributed by atoms with Crippen LogP contribution in [0.1, 0.15) is 31.7 Å². The number of piperidine rings is 1. The molecular weight excluding hydrogens is 202 g/mol. The Hall–Kier alpha value is -0.800. The van der Waals surface area contributed by atoms with Gasteiger partial charge in [0.05, 0.1) is 18.6 Å². The lowest BCUT2D eigenvalue weighted by Crippen LogP contribution is -2.41. The molecule has 1 aromatic rings. The Labute approximate surface area is 97.2 Å². The highest BCUT2D eigenvalue weighted by Crippen LogP contribution is 2.28. The van der Waals surface area contributed by atoms with E-state index in [9.17, 15) is 0 Å². The topological polar surface area (TPSA) is 34.4 Å². The molecule has 0 unspecified atom stereocenters. The van der Waals surface area contributed by atoms with Crippen molar-refractivity contribution in [3.8, 4) is 0 Å². The smallest absolute Gasteiger partial charge is 0.0938 e. The molecule has 3 heteroatoms. The van der Waals surface area contributed by atoms with Gasteiger partial charge in [0.2, 0.25) is 0 Å². The molecule has 0 bridgehead atoms. The maximum absolute atomic E-state index is 5.98. The summed E-state index contributed by atoms with van der Waals surface area (Å²) in [6.07, 6.45) is 5.01. The fourth-order valence-electron chi connectivity index (χ4n) is 2.19. The highest BCUT2D eigenvalue weighted by molar-refractivity contribution is 5.15. The molecule has 1 fully saturated rings. The predicted octanol–water partition coefficient (Wildman–Crippen LogP) is 2.40. The molecule has 1 N–H and O–H groups in total. The Morgan fingerprint density at radius 2 is 2.44 bits per heavy atom. The molecule has 2 heterocycles. The van der Waals surface area contributed by atoms with E-state index in [1.807, 2.05) is 6.26 Å². The first kappa shape index (κ1) is 11.7. The lowest BCUT2D eigenvalue weighted by molar-refractivity contribution is 0.00771. The molecule has 16 heavy (non-hydrogen) atoms. The second kappa shape index (κ2) is 5.51. The van der Waals surface area contributed by atoms with Crippen LogP contribution in [0.5, 0.6) is 0 Å². The normalized spacial score (nSPS) is 26.2. The molecular formula is C13H21NO2. The van der Waals surface area contributed by atoms with Crippen LogP contribution < -0.4 is 5.32 Å². The maximum Gasteiger partial charge on any atom is 0.0938 e. The average Bonchev–Trinajstić information content (AvgIpc) is 2.80. The van der Waals surface area contributed by atoms with Gasteiger partial charge in [-0.05, 0) is 30.5 Å². The second-order valence-corrected chi connectivity index (χ2v) is 4.92. The van der Waals surface area contributed by atoms with Crippen molar-refractivity contribution in [1.82, 2.24) is 5.32 Å². The molecule has 1 aliphatic heterocycles. The highest BCUT2D eigenvalue weighted by Gasteiger charge is 2.27. The lowest BCUT2D eigenvalue weighted by atomic mass is 9.89. The predicted molar refractivity (Wildman–Crippen MR) is 63.5 cm³/mol. The monoisotopic (exact) mass is 223 g/mol. The minimum atomic E-state index is 0.286. The van der Waals surface area contributed by atoms with E-state index in [2.05, 4.69) is 25.2 Å². The van der Waals surface area contributed by atoms with Crippen molar-refractivity contribution in [2.24, 2.45) is 5.92 Å². The van der Waals surface area contributed by atoms with E-state index in [0.717, 1.165) is 26.1 Å². The number of nitrogens with one attached hydrogen (secondary N) is 1. The van der Waals surface area contributed by atoms with Crippen molar-refractivity contribution >= 4 is 0 Å². The fourth-order valence-corrected chi connectivity index (χ4v) is 2.19. The first-order valence-electron chi connectivity index (χ1n) is 6.12. The van der Waals surface area contributed by atoms with Gasteiger partial charge in [0.1, 0.15) is 0 Å². The van der Waals surface area contributed by atoms with Gasteiger partial charge >= 0.3 is 0 Å². The molecule has 90 valence electrons. The summed E-state index contributed by atoms with van der Waals surface area (Å²) in [5.74, 6) is 1.07. The molecule has 1 aliphatic rings. The summed E-state index contributed by atoms with van der Waals surface area (Å²) in [7, 11) is 0. The van der Waals surface area contributed by atoms with Gasteiger partial charge in [-0.25, -0.2) is 0 Å². The van der Waals surface area contributed by atoms with Crippen molar-refractivity contribution in [1.29, 1.82) is 0 Å². The summed E-state index contributed by atoms with van der Waals surface area (Å²) in [4.78, 5) is 0. The maximum atomic E-state index is 5.98. The molecule has 1 aromatic heterocycles. The van der Waals surface area contributed by atoms with E-state index in [1.165, 1.54) is 5.56 Å². The molecule has 0 radical (unpaired) electrons. The van der Waals surface area contributed by atoms with Crippen molar-refractivity contribution in [2.45, 2.75) is 32.3 Å². The van der Waals surface area contributed by atoms with E-state index < -0.39 is 0 Å². The van der Waals surface area contributed by atoms with Crippen LogP contribution in [-0.4, -0.2) is 25.8 Å². The van der Waals surface area contributed by atoms with Crippen molar-refractivity contribution < 1.29 is 9.15 Å². The summed E-state index contributed by atoms with van der Waals surface area (Å²) < 4.78 is 11.1. The molecule has 2 rings (SSSR count). The van der Waals surface area contributed by atoms with Crippen LogP contribution in [-0.2, 0) is 4.74 Å².